The molecule has 1 aliphatic heterocycles. The van der Waals surface area contributed by atoms with Gasteiger partial charge in [-0.1, -0.05) is 12.1 Å². The normalized spacial score (nSPS) is 15.5. The summed E-state index contributed by atoms with van der Waals surface area (Å²) in [6, 6.07) is 16.0. The van der Waals surface area contributed by atoms with Crippen LogP contribution in [0.15, 0.2) is 71.8 Å². The number of nitrogens with one attached hydrogen (secondary N) is 1. The maximum Gasteiger partial charge on any atom is 0.573 e. The standard InChI is InChI=1S/C26H26F3N5O4S/c1-37-17-25-32-31-24-11-4-19(16-34(24)25)18-2-9-23(10-3-18)39(35,36)33-14-12-21(13-15-33)30-20-5-7-22(8-6-20)38-26(27,28)29/h2-11,16,21,30H,12-15,17H2,1H3. The number of aromatic nitrogens is 3. The molecule has 0 atom stereocenters. The second-order valence-electron chi connectivity index (χ2n) is 9.11. The van der Waals surface area contributed by atoms with Crippen LogP contribution < -0.4 is 10.1 Å². The predicted molar refractivity (Wildman–Crippen MR) is 138 cm³/mol. The molecule has 0 aliphatic carbocycles. The Labute approximate surface area is 223 Å². The molecule has 0 amide bonds. The van der Waals surface area contributed by atoms with Crippen molar-refractivity contribution in [2.24, 2.45) is 0 Å². The van der Waals surface area contributed by atoms with Crippen molar-refractivity contribution in [3.63, 3.8) is 0 Å². The predicted octanol–water partition coefficient (Wildman–Crippen LogP) is 4.71. The Balaban J connectivity index is 1.21. The smallest absolute Gasteiger partial charge is 0.406 e. The Bertz CT molecular complexity index is 1530. The van der Waals surface area contributed by atoms with Crippen molar-refractivity contribution in [3.8, 4) is 16.9 Å². The fourth-order valence-electron chi connectivity index (χ4n) is 4.53. The van der Waals surface area contributed by atoms with Gasteiger partial charge in [-0.15, -0.1) is 23.4 Å². The number of ether oxygens (including phenoxy) is 2. The number of rotatable bonds is 8. The lowest BCUT2D eigenvalue weighted by Gasteiger charge is -2.32. The fourth-order valence-corrected chi connectivity index (χ4v) is 6.00. The molecule has 0 unspecified atom stereocenters. The number of methoxy groups -OCH3 is 1. The fraction of sp³-hybridized carbons (Fsp3) is 0.308. The van der Waals surface area contributed by atoms with Gasteiger partial charge in [0.05, 0.1) is 4.90 Å². The minimum atomic E-state index is -4.74. The van der Waals surface area contributed by atoms with Crippen LogP contribution in [-0.2, 0) is 21.4 Å². The van der Waals surface area contributed by atoms with E-state index in [4.69, 9.17) is 4.74 Å². The highest BCUT2D eigenvalue weighted by Crippen LogP contribution is 2.28. The molecule has 0 spiro atoms. The third-order valence-electron chi connectivity index (χ3n) is 6.48. The van der Waals surface area contributed by atoms with Crippen LogP contribution in [0.4, 0.5) is 18.9 Å². The molecule has 13 heteroatoms. The summed E-state index contributed by atoms with van der Waals surface area (Å²) in [6.07, 6.45) is -1.74. The van der Waals surface area contributed by atoms with Crippen LogP contribution in [0, 0.1) is 0 Å². The van der Waals surface area contributed by atoms with E-state index in [9.17, 15) is 21.6 Å². The zero-order valence-electron chi connectivity index (χ0n) is 20.9. The van der Waals surface area contributed by atoms with E-state index >= 15 is 0 Å². The van der Waals surface area contributed by atoms with E-state index in [1.165, 1.54) is 28.6 Å². The largest absolute Gasteiger partial charge is 0.573 e. The highest BCUT2D eigenvalue weighted by molar-refractivity contribution is 7.89. The molecule has 206 valence electrons. The Hall–Kier alpha value is -3.68. The van der Waals surface area contributed by atoms with Gasteiger partial charge in [-0.2, -0.15) is 4.31 Å². The van der Waals surface area contributed by atoms with Gasteiger partial charge in [0.2, 0.25) is 10.0 Å². The number of pyridine rings is 1. The first-order valence-corrected chi connectivity index (χ1v) is 13.6. The highest BCUT2D eigenvalue weighted by atomic mass is 32.2. The lowest BCUT2D eigenvalue weighted by Crippen LogP contribution is -2.42. The van der Waals surface area contributed by atoms with Gasteiger partial charge in [-0.3, -0.25) is 4.40 Å². The third-order valence-corrected chi connectivity index (χ3v) is 8.40. The van der Waals surface area contributed by atoms with E-state index in [0.29, 0.717) is 49.7 Å². The topological polar surface area (TPSA) is 98.1 Å². The highest BCUT2D eigenvalue weighted by Gasteiger charge is 2.31. The van der Waals surface area contributed by atoms with Gasteiger partial charge in [0.25, 0.3) is 0 Å². The molecule has 0 radical (unpaired) electrons. The molecule has 1 N–H and O–H groups in total. The van der Waals surface area contributed by atoms with Gasteiger partial charge in [-0.25, -0.2) is 8.42 Å². The van der Waals surface area contributed by atoms with Crippen LogP contribution in [0.2, 0.25) is 0 Å². The van der Waals surface area contributed by atoms with Gasteiger partial charge >= 0.3 is 6.36 Å². The molecule has 4 aromatic rings. The average molecular weight is 562 g/mol. The average Bonchev–Trinajstić information content (AvgIpc) is 3.32. The molecule has 1 aliphatic rings. The van der Waals surface area contributed by atoms with Crippen LogP contribution >= 0.6 is 0 Å². The zero-order valence-corrected chi connectivity index (χ0v) is 21.7. The molecule has 3 heterocycles. The number of piperidine rings is 1. The Morgan fingerprint density at radius 2 is 1.62 bits per heavy atom. The molecule has 0 saturated carbocycles. The van der Waals surface area contributed by atoms with E-state index in [2.05, 4.69) is 20.3 Å². The number of anilines is 1. The number of hydrogen-bond acceptors (Lipinski definition) is 7. The van der Waals surface area contributed by atoms with Crippen molar-refractivity contribution >= 4 is 21.4 Å². The molecule has 0 bridgehead atoms. The van der Waals surface area contributed by atoms with Crippen molar-refractivity contribution in [1.82, 2.24) is 18.9 Å². The van der Waals surface area contributed by atoms with E-state index in [1.54, 1.807) is 31.4 Å². The molecule has 2 aromatic heterocycles. The second-order valence-corrected chi connectivity index (χ2v) is 11.1. The van der Waals surface area contributed by atoms with Crippen molar-refractivity contribution < 1.29 is 31.1 Å². The minimum absolute atomic E-state index is 0.0104. The first kappa shape index (κ1) is 26.9. The number of fused-ring (bicyclic) bond motifs is 1. The van der Waals surface area contributed by atoms with Crippen LogP contribution in [0.25, 0.3) is 16.8 Å². The first-order valence-electron chi connectivity index (χ1n) is 12.2. The number of hydrogen-bond donors (Lipinski definition) is 1. The van der Waals surface area contributed by atoms with E-state index in [1.807, 2.05) is 22.7 Å². The van der Waals surface area contributed by atoms with E-state index in [-0.39, 0.29) is 16.7 Å². The third kappa shape index (κ3) is 6.15. The molecule has 2 aromatic carbocycles. The number of alkyl halides is 3. The number of halogens is 3. The van der Waals surface area contributed by atoms with Crippen LogP contribution in [0.3, 0.4) is 0 Å². The Morgan fingerprint density at radius 1 is 0.949 bits per heavy atom. The molecule has 9 nitrogen and oxygen atoms in total. The van der Waals surface area contributed by atoms with E-state index < -0.39 is 16.4 Å². The van der Waals surface area contributed by atoms with Gasteiger partial charge in [0, 0.05) is 38.1 Å². The van der Waals surface area contributed by atoms with Crippen molar-refractivity contribution in [2.75, 3.05) is 25.5 Å². The lowest BCUT2D eigenvalue weighted by molar-refractivity contribution is -0.274. The lowest BCUT2D eigenvalue weighted by atomic mass is 10.1. The van der Waals surface area contributed by atoms with Gasteiger partial charge in [-0.05, 0) is 72.5 Å². The summed E-state index contributed by atoms with van der Waals surface area (Å²) in [4.78, 5) is 0.211. The van der Waals surface area contributed by atoms with Crippen molar-refractivity contribution in [3.05, 3.63) is 72.7 Å². The van der Waals surface area contributed by atoms with E-state index in [0.717, 1.165) is 11.1 Å². The van der Waals surface area contributed by atoms with Crippen LogP contribution in [0.5, 0.6) is 5.75 Å². The second kappa shape index (κ2) is 10.8. The van der Waals surface area contributed by atoms with Crippen LogP contribution in [-0.4, -0.2) is 59.9 Å². The van der Waals surface area contributed by atoms with Crippen molar-refractivity contribution in [2.45, 2.75) is 36.7 Å². The number of sulfonamides is 1. The summed E-state index contributed by atoms with van der Waals surface area (Å²) in [5.41, 5.74) is 3.06. The zero-order chi connectivity index (χ0) is 27.6. The summed E-state index contributed by atoms with van der Waals surface area (Å²) < 4.78 is 75.9. The molecular weight excluding hydrogens is 535 g/mol. The summed E-state index contributed by atoms with van der Waals surface area (Å²) in [6.45, 7) is 0.963. The SMILES string of the molecule is COCc1nnc2ccc(-c3ccc(S(=O)(=O)N4CCC(Nc5ccc(OC(F)(F)F)cc5)CC4)cc3)cn12. The molecular formula is C26H26F3N5O4S. The first-order chi connectivity index (χ1) is 18.6. The molecule has 1 saturated heterocycles. The van der Waals surface area contributed by atoms with Gasteiger partial charge < -0.3 is 14.8 Å². The maximum absolute atomic E-state index is 13.3. The maximum atomic E-state index is 13.3. The molecule has 5 rings (SSSR count). The van der Waals surface area contributed by atoms with Gasteiger partial charge in [0.1, 0.15) is 12.4 Å². The quantitative estimate of drug-likeness (QED) is 0.333. The monoisotopic (exact) mass is 561 g/mol. The molecule has 39 heavy (non-hydrogen) atoms. The van der Waals surface area contributed by atoms with Gasteiger partial charge in [0.15, 0.2) is 11.5 Å². The van der Waals surface area contributed by atoms with Crippen molar-refractivity contribution in [1.29, 1.82) is 0 Å². The minimum Gasteiger partial charge on any atom is -0.406 e. The summed E-state index contributed by atoms with van der Waals surface area (Å²) in [5, 5.41) is 11.5. The Morgan fingerprint density at radius 3 is 2.26 bits per heavy atom. The summed E-state index contributed by atoms with van der Waals surface area (Å²) in [5.74, 6) is 0.369. The Kier molecular flexibility index (Phi) is 7.47. The summed E-state index contributed by atoms with van der Waals surface area (Å²) >= 11 is 0. The van der Waals surface area contributed by atoms with Crippen LogP contribution in [0.1, 0.15) is 18.7 Å². The number of nitrogens with zero attached hydrogens (tertiary/aromatic N) is 4. The summed E-state index contributed by atoms with van der Waals surface area (Å²) in [7, 11) is -2.09. The molecule has 1 fully saturated rings. The number of benzene rings is 2.